The summed E-state index contributed by atoms with van der Waals surface area (Å²) in [4.78, 5) is 26.0. The number of ketones is 2. The molecule has 0 aliphatic heterocycles. The summed E-state index contributed by atoms with van der Waals surface area (Å²) >= 11 is 14.2. The molecule has 0 saturated carbocycles. The van der Waals surface area contributed by atoms with Crippen LogP contribution in [0.15, 0.2) is 66.0 Å². The molecular weight excluding hydrogens is 840 g/mol. The van der Waals surface area contributed by atoms with Crippen LogP contribution in [0.25, 0.3) is 0 Å². The molecule has 0 atom stereocenters. The van der Waals surface area contributed by atoms with Crippen molar-refractivity contribution in [3.8, 4) is 0 Å². The highest BCUT2D eigenvalue weighted by atomic mass is 35.5. The third-order valence-corrected chi connectivity index (χ3v) is 14.5. The number of halogens is 2. The lowest BCUT2D eigenvalue weighted by molar-refractivity contribution is 0.0985. The number of aryl methyl sites for hydroxylation is 8. The molecule has 4 heterocycles. The van der Waals surface area contributed by atoms with Crippen LogP contribution >= 0.6 is 45.9 Å². The summed E-state index contributed by atoms with van der Waals surface area (Å²) < 4.78 is 65.5. The normalized spacial score (nSPS) is 11.6. The smallest absolute Gasteiger partial charge is 0.265 e. The molecule has 0 aliphatic rings. The molecule has 0 aliphatic carbocycles. The molecule has 0 unspecified atom stereocenters. The molecule has 6 aromatic rings. The minimum atomic E-state index is -4.05. The molecule has 12 nitrogen and oxygen atoms in total. The number of sulfonamides is 2. The molecule has 0 amide bonds. The van der Waals surface area contributed by atoms with E-state index in [1.165, 1.54) is 12.1 Å². The number of anilines is 2. The highest BCUT2D eigenvalue weighted by Crippen LogP contribution is 2.33. The minimum absolute atomic E-state index is 0.0811. The number of rotatable bonds is 12. The number of benzene rings is 2. The fraction of sp³-hybridized carbons (Fsp3) is 0.263. The van der Waals surface area contributed by atoms with E-state index in [-0.39, 0.29) is 65.8 Å². The van der Waals surface area contributed by atoms with Crippen molar-refractivity contribution in [2.24, 2.45) is 0 Å². The zero-order valence-corrected chi connectivity index (χ0v) is 36.4. The molecule has 56 heavy (non-hydrogen) atoms. The summed E-state index contributed by atoms with van der Waals surface area (Å²) in [6.07, 6.45) is 0.256. The van der Waals surface area contributed by atoms with E-state index in [2.05, 4.69) is 19.8 Å². The SMILES string of the molecule is Cc1cc(C)c(CC(=O)c2sccc2S(=O)(=O)Nc2onc(C)c2Cl)c(C)c1.Cc1cc(C)c(CC(=O)c2sccc2S(=O)(=O)Nc2onc(C)c2Cl)c(C)c1. The van der Waals surface area contributed by atoms with Crippen molar-refractivity contribution >= 4 is 89.3 Å². The van der Waals surface area contributed by atoms with Gasteiger partial charge in [-0.1, -0.05) is 68.9 Å². The van der Waals surface area contributed by atoms with Gasteiger partial charge in [0.2, 0.25) is 0 Å². The number of nitrogens with one attached hydrogen (secondary N) is 2. The second-order valence-electron chi connectivity index (χ2n) is 13.2. The zero-order valence-electron chi connectivity index (χ0n) is 31.6. The van der Waals surface area contributed by atoms with Gasteiger partial charge in [-0.05, 0) is 112 Å². The molecule has 0 radical (unpaired) electrons. The van der Waals surface area contributed by atoms with E-state index in [0.717, 1.165) is 67.2 Å². The molecule has 2 aromatic carbocycles. The van der Waals surface area contributed by atoms with Gasteiger partial charge >= 0.3 is 0 Å². The van der Waals surface area contributed by atoms with Crippen molar-refractivity contribution in [2.75, 3.05) is 9.44 Å². The number of aromatic nitrogens is 2. The maximum absolute atomic E-state index is 12.9. The number of nitrogens with zero attached hydrogens (tertiary/aromatic N) is 2. The van der Waals surface area contributed by atoms with Crippen molar-refractivity contribution in [2.45, 2.75) is 78.0 Å². The second kappa shape index (κ2) is 17.0. The van der Waals surface area contributed by atoms with Crippen LogP contribution in [0.4, 0.5) is 11.8 Å². The summed E-state index contributed by atoms with van der Waals surface area (Å²) in [6.45, 7) is 15.0. The maximum Gasteiger partial charge on any atom is 0.265 e. The molecule has 296 valence electrons. The molecule has 2 N–H and O–H groups in total. The van der Waals surface area contributed by atoms with Crippen LogP contribution in [-0.2, 0) is 32.9 Å². The van der Waals surface area contributed by atoms with E-state index < -0.39 is 20.0 Å². The average Bonchev–Trinajstić information content (AvgIpc) is 3.92. The largest absolute Gasteiger partial charge is 0.336 e. The van der Waals surface area contributed by atoms with Gasteiger partial charge in [0.1, 0.15) is 31.2 Å². The lowest BCUT2D eigenvalue weighted by atomic mass is 9.95. The predicted octanol–water partition coefficient (Wildman–Crippen LogP) is 9.70. The quantitative estimate of drug-likeness (QED) is 0.112. The Morgan fingerprint density at radius 2 is 0.929 bits per heavy atom. The molecule has 4 aromatic heterocycles. The average molecular weight is 878 g/mol. The van der Waals surface area contributed by atoms with Gasteiger partial charge in [-0.2, -0.15) is 0 Å². The van der Waals surface area contributed by atoms with Crippen LogP contribution in [0.2, 0.25) is 10.0 Å². The van der Waals surface area contributed by atoms with Gasteiger partial charge in [0, 0.05) is 12.8 Å². The second-order valence-corrected chi connectivity index (χ2v) is 19.1. The Kier molecular flexibility index (Phi) is 13.0. The van der Waals surface area contributed by atoms with E-state index in [0.29, 0.717) is 11.4 Å². The first-order valence-electron chi connectivity index (χ1n) is 16.8. The van der Waals surface area contributed by atoms with E-state index in [4.69, 9.17) is 32.2 Å². The lowest BCUT2D eigenvalue weighted by Crippen LogP contribution is -2.16. The minimum Gasteiger partial charge on any atom is -0.336 e. The van der Waals surface area contributed by atoms with Gasteiger partial charge < -0.3 is 9.05 Å². The Bertz CT molecular complexity index is 2460. The Labute approximate surface area is 343 Å². The lowest BCUT2D eigenvalue weighted by Gasteiger charge is -2.11. The monoisotopic (exact) mass is 876 g/mol. The fourth-order valence-corrected chi connectivity index (χ4v) is 11.2. The third kappa shape index (κ3) is 9.44. The summed E-state index contributed by atoms with van der Waals surface area (Å²) in [6, 6.07) is 10.8. The van der Waals surface area contributed by atoms with Crippen molar-refractivity contribution in [3.63, 3.8) is 0 Å². The number of carbonyl (C=O) groups is 2. The number of hydrogen-bond acceptors (Lipinski definition) is 12. The maximum atomic E-state index is 12.9. The van der Waals surface area contributed by atoms with E-state index >= 15 is 0 Å². The van der Waals surface area contributed by atoms with Crippen LogP contribution < -0.4 is 9.44 Å². The third-order valence-electron chi connectivity index (χ3n) is 8.74. The fourth-order valence-electron chi connectivity index (χ4n) is 6.08. The van der Waals surface area contributed by atoms with Crippen molar-refractivity contribution in [1.82, 2.24) is 10.3 Å². The Balaban J connectivity index is 0.000000214. The van der Waals surface area contributed by atoms with Crippen molar-refractivity contribution in [3.05, 3.63) is 123 Å². The first-order valence-corrected chi connectivity index (χ1v) is 22.3. The molecule has 0 bridgehead atoms. The van der Waals surface area contributed by atoms with E-state index in [1.54, 1.807) is 24.6 Å². The Morgan fingerprint density at radius 1 is 0.607 bits per heavy atom. The number of carbonyl (C=O) groups excluding carboxylic acids is 2. The van der Waals surface area contributed by atoms with E-state index in [1.807, 2.05) is 65.8 Å². The predicted molar refractivity (Wildman–Crippen MR) is 220 cm³/mol. The number of hydrogen-bond donors (Lipinski definition) is 2. The van der Waals surface area contributed by atoms with Crippen molar-refractivity contribution < 1.29 is 35.5 Å². The summed E-state index contributed by atoms with van der Waals surface area (Å²) in [7, 11) is -8.11. The summed E-state index contributed by atoms with van der Waals surface area (Å²) in [5.74, 6) is -0.862. The number of thiophene rings is 2. The van der Waals surface area contributed by atoms with Gasteiger partial charge in [0.05, 0.1) is 9.75 Å². The molecular formula is C38H38Cl2N4O8S4. The molecule has 0 saturated heterocycles. The first kappa shape index (κ1) is 42.8. The molecule has 6 rings (SSSR count). The topological polar surface area (TPSA) is 179 Å². The van der Waals surface area contributed by atoms with Crippen LogP contribution in [0, 0.1) is 55.4 Å². The van der Waals surface area contributed by atoms with Gasteiger partial charge in [0.25, 0.3) is 31.8 Å². The molecule has 0 fully saturated rings. The molecule has 18 heteroatoms. The van der Waals surface area contributed by atoms with Gasteiger partial charge in [-0.25, -0.2) is 26.3 Å². The van der Waals surface area contributed by atoms with Gasteiger partial charge in [-0.3, -0.25) is 9.59 Å². The van der Waals surface area contributed by atoms with Gasteiger partial charge in [-0.15, -0.1) is 22.7 Å². The van der Waals surface area contributed by atoms with Crippen molar-refractivity contribution in [1.29, 1.82) is 0 Å². The summed E-state index contributed by atoms with van der Waals surface area (Å²) in [5.41, 5.74) is 8.83. The zero-order chi connectivity index (χ0) is 41.3. The summed E-state index contributed by atoms with van der Waals surface area (Å²) in [5, 5.41) is 10.6. The van der Waals surface area contributed by atoms with Crippen LogP contribution in [-0.4, -0.2) is 38.7 Å². The highest BCUT2D eigenvalue weighted by Gasteiger charge is 2.29. The van der Waals surface area contributed by atoms with Crippen LogP contribution in [0.5, 0.6) is 0 Å². The van der Waals surface area contributed by atoms with Crippen LogP contribution in [0.1, 0.15) is 75.2 Å². The van der Waals surface area contributed by atoms with E-state index in [9.17, 15) is 26.4 Å². The number of Topliss-reactive ketones (excluding diaryl/α,β-unsaturated/α-hetero) is 2. The Morgan fingerprint density at radius 3 is 1.21 bits per heavy atom. The highest BCUT2D eigenvalue weighted by molar-refractivity contribution is 7.93. The van der Waals surface area contributed by atoms with Gasteiger partial charge in [0.15, 0.2) is 11.6 Å². The Hall–Kier alpha value is -4.32. The first-order chi connectivity index (χ1) is 26.2. The standard InChI is InChI=1S/2C19H19ClN2O4S2/c2*1-10-7-11(2)14(12(3)8-10)9-15(23)18-16(5-6-27-18)28(24,25)22-19-17(20)13(4)21-26-19/h2*5-8,22H,9H2,1-4H3. The van der Waals surface area contributed by atoms with Crippen LogP contribution in [0.3, 0.4) is 0 Å². The molecule has 0 spiro atoms.